The first-order chi connectivity index (χ1) is 15.3. The molecule has 2 unspecified atom stereocenters. The molecule has 0 aliphatic carbocycles. The molecule has 3 aliphatic rings. The first kappa shape index (κ1) is 20.6. The van der Waals surface area contributed by atoms with E-state index >= 15 is 0 Å². The predicted octanol–water partition coefficient (Wildman–Crippen LogP) is 1.41. The summed E-state index contributed by atoms with van der Waals surface area (Å²) in [6, 6.07) is 3.23. The molecule has 2 amide bonds. The van der Waals surface area contributed by atoms with E-state index in [1.54, 1.807) is 4.90 Å². The van der Waals surface area contributed by atoms with Crippen molar-refractivity contribution in [2.24, 2.45) is 0 Å². The van der Waals surface area contributed by atoms with Gasteiger partial charge in [0.1, 0.15) is 23.4 Å². The van der Waals surface area contributed by atoms with Crippen LogP contribution in [0.25, 0.3) is 0 Å². The number of carbonyl (C=O) groups is 2. The molecule has 10 heteroatoms. The number of pyridine rings is 1. The van der Waals surface area contributed by atoms with Crippen LogP contribution in [0.1, 0.15) is 45.7 Å². The van der Waals surface area contributed by atoms with Gasteiger partial charge in [0.2, 0.25) is 5.43 Å². The Kier molecular flexibility index (Phi) is 4.96. The minimum absolute atomic E-state index is 0.0509. The highest BCUT2D eigenvalue weighted by Gasteiger charge is 2.47. The van der Waals surface area contributed by atoms with E-state index in [4.69, 9.17) is 0 Å². The molecule has 0 bridgehead atoms. The summed E-state index contributed by atoms with van der Waals surface area (Å²) in [5, 5.41) is 12.9. The second-order valence-corrected chi connectivity index (χ2v) is 8.47. The van der Waals surface area contributed by atoms with Gasteiger partial charge in [-0.15, -0.1) is 0 Å². The van der Waals surface area contributed by atoms with Crippen LogP contribution in [0.2, 0.25) is 0 Å². The van der Waals surface area contributed by atoms with Crippen molar-refractivity contribution in [2.75, 3.05) is 13.1 Å². The number of aromatic hydroxyl groups is 1. The van der Waals surface area contributed by atoms with Gasteiger partial charge in [-0.05, 0) is 18.9 Å². The molecule has 0 saturated carbocycles. The molecule has 2 N–H and O–H groups in total. The van der Waals surface area contributed by atoms with Crippen molar-refractivity contribution in [3.8, 4) is 5.75 Å². The Balaban J connectivity index is 1.43. The van der Waals surface area contributed by atoms with Gasteiger partial charge in [0.15, 0.2) is 11.4 Å². The SMILES string of the molecule is O=C(NCc1ccc(F)cc1F)c1cn2c(c(O)c1=O)C(=O)N1CC3CCCCN3C1C2. The maximum absolute atomic E-state index is 13.8. The number of aromatic nitrogens is 1. The first-order valence-electron chi connectivity index (χ1n) is 10.6. The zero-order valence-electron chi connectivity index (χ0n) is 17.2. The largest absolute Gasteiger partial charge is 0.503 e. The van der Waals surface area contributed by atoms with E-state index in [9.17, 15) is 28.3 Å². The molecule has 2 saturated heterocycles. The van der Waals surface area contributed by atoms with Gasteiger partial charge in [-0.25, -0.2) is 8.78 Å². The monoisotopic (exact) mass is 444 g/mol. The number of amides is 2. The third-order valence-electron chi connectivity index (χ3n) is 6.60. The fraction of sp³-hybridized carbons (Fsp3) is 0.409. The Morgan fingerprint density at radius 1 is 1.19 bits per heavy atom. The number of benzene rings is 1. The number of nitrogens with one attached hydrogen (secondary N) is 1. The van der Waals surface area contributed by atoms with Crippen LogP contribution in [0, 0.1) is 11.6 Å². The van der Waals surface area contributed by atoms with Gasteiger partial charge in [0.25, 0.3) is 11.8 Å². The van der Waals surface area contributed by atoms with Crippen LogP contribution in [0.4, 0.5) is 8.78 Å². The Bertz CT molecular complexity index is 1180. The standard InChI is InChI=1S/C22H22F2N4O4/c23-13-5-4-12(16(24)7-13)8-25-21(31)15-10-26-11-17-27-6-2-1-3-14(27)9-28(17)22(32)18(26)20(30)19(15)29/h4-5,7,10,14,17,30H,1-3,6,8-9,11H2,(H,25,31). The molecule has 2 atom stereocenters. The number of hydrogen-bond acceptors (Lipinski definition) is 5. The van der Waals surface area contributed by atoms with E-state index in [0.717, 1.165) is 31.9 Å². The smallest absolute Gasteiger partial charge is 0.275 e. The summed E-state index contributed by atoms with van der Waals surface area (Å²) >= 11 is 0. The van der Waals surface area contributed by atoms with Gasteiger partial charge in [0.05, 0.1) is 6.54 Å². The third-order valence-corrected chi connectivity index (χ3v) is 6.60. The van der Waals surface area contributed by atoms with E-state index in [1.807, 2.05) is 0 Å². The van der Waals surface area contributed by atoms with Crippen LogP contribution in [0.15, 0.2) is 29.2 Å². The Labute approximate surface area is 182 Å². The summed E-state index contributed by atoms with van der Waals surface area (Å²) < 4.78 is 28.4. The van der Waals surface area contributed by atoms with E-state index in [2.05, 4.69) is 10.2 Å². The Morgan fingerprint density at radius 2 is 2.00 bits per heavy atom. The fourth-order valence-corrected chi connectivity index (χ4v) is 4.99. The lowest BCUT2D eigenvalue weighted by atomic mass is 10.0. The Morgan fingerprint density at radius 3 is 2.78 bits per heavy atom. The first-order valence-corrected chi connectivity index (χ1v) is 10.6. The second-order valence-electron chi connectivity index (χ2n) is 8.47. The zero-order chi connectivity index (χ0) is 22.6. The maximum atomic E-state index is 13.8. The molecular formula is C22H22F2N4O4. The summed E-state index contributed by atoms with van der Waals surface area (Å²) in [5.41, 5.74) is -1.37. The van der Waals surface area contributed by atoms with Gasteiger partial charge in [-0.2, -0.15) is 0 Å². The molecule has 2 aromatic rings. The van der Waals surface area contributed by atoms with Crippen LogP contribution in [0.5, 0.6) is 5.75 Å². The van der Waals surface area contributed by atoms with Crippen molar-refractivity contribution < 1.29 is 23.5 Å². The van der Waals surface area contributed by atoms with Gasteiger partial charge < -0.3 is 19.9 Å². The molecule has 1 aromatic carbocycles. The number of halogens is 2. The highest BCUT2D eigenvalue weighted by molar-refractivity contribution is 5.99. The molecule has 1 aromatic heterocycles. The van der Waals surface area contributed by atoms with Crippen LogP contribution < -0.4 is 10.7 Å². The van der Waals surface area contributed by atoms with Gasteiger partial charge >= 0.3 is 0 Å². The summed E-state index contributed by atoms with van der Waals surface area (Å²) in [5.74, 6) is -3.57. The van der Waals surface area contributed by atoms with Crippen molar-refractivity contribution >= 4 is 11.8 Å². The molecule has 3 aliphatic heterocycles. The lowest BCUT2D eigenvalue weighted by Crippen LogP contribution is -2.51. The fourth-order valence-electron chi connectivity index (χ4n) is 4.99. The molecular weight excluding hydrogens is 422 g/mol. The van der Waals surface area contributed by atoms with E-state index < -0.39 is 34.6 Å². The molecule has 168 valence electrons. The lowest BCUT2D eigenvalue weighted by Gasteiger charge is -2.38. The lowest BCUT2D eigenvalue weighted by molar-refractivity contribution is 0.0451. The van der Waals surface area contributed by atoms with Crippen LogP contribution in [-0.4, -0.2) is 56.6 Å². The highest BCUT2D eigenvalue weighted by Crippen LogP contribution is 2.34. The number of piperidine rings is 1. The van der Waals surface area contributed by atoms with Crippen LogP contribution >= 0.6 is 0 Å². The molecule has 0 radical (unpaired) electrons. The van der Waals surface area contributed by atoms with Crippen LogP contribution in [-0.2, 0) is 13.1 Å². The van der Waals surface area contributed by atoms with Crippen molar-refractivity contribution in [1.82, 2.24) is 19.7 Å². The zero-order valence-corrected chi connectivity index (χ0v) is 17.2. The summed E-state index contributed by atoms with van der Waals surface area (Å²) in [4.78, 5) is 42.4. The average molecular weight is 444 g/mol. The Hall–Kier alpha value is -3.27. The highest BCUT2D eigenvalue weighted by atomic mass is 19.1. The molecule has 32 heavy (non-hydrogen) atoms. The molecule has 4 heterocycles. The number of rotatable bonds is 3. The molecule has 8 nitrogen and oxygen atoms in total. The maximum Gasteiger partial charge on any atom is 0.275 e. The topological polar surface area (TPSA) is 94.9 Å². The van der Waals surface area contributed by atoms with Gasteiger partial charge in [-0.3, -0.25) is 19.3 Å². The number of fused-ring (bicyclic) bond motifs is 4. The number of hydrogen-bond donors (Lipinski definition) is 2. The summed E-state index contributed by atoms with van der Waals surface area (Å²) in [6.07, 6.45) is 4.23. The molecule has 5 rings (SSSR count). The van der Waals surface area contributed by atoms with Crippen molar-refractivity contribution in [3.63, 3.8) is 0 Å². The quantitative estimate of drug-likeness (QED) is 0.747. The van der Waals surface area contributed by atoms with Crippen molar-refractivity contribution in [2.45, 2.75) is 44.6 Å². The van der Waals surface area contributed by atoms with Crippen LogP contribution in [0.3, 0.4) is 0 Å². The summed E-state index contributed by atoms with van der Waals surface area (Å²) in [6.45, 7) is 1.50. The number of nitrogens with zero attached hydrogens (tertiary/aromatic N) is 3. The average Bonchev–Trinajstić information content (AvgIpc) is 3.14. The van der Waals surface area contributed by atoms with Crippen molar-refractivity contribution in [3.05, 3.63) is 63.1 Å². The minimum atomic E-state index is -0.961. The second kappa shape index (κ2) is 7.70. The van der Waals surface area contributed by atoms with E-state index in [-0.39, 0.29) is 35.6 Å². The number of carbonyl (C=O) groups excluding carboxylic acids is 2. The predicted molar refractivity (Wildman–Crippen MR) is 109 cm³/mol. The van der Waals surface area contributed by atoms with E-state index in [1.165, 1.54) is 16.8 Å². The van der Waals surface area contributed by atoms with Crippen molar-refractivity contribution in [1.29, 1.82) is 0 Å². The molecule has 0 spiro atoms. The van der Waals surface area contributed by atoms with Gasteiger partial charge in [0, 0.05) is 43.5 Å². The summed E-state index contributed by atoms with van der Waals surface area (Å²) in [7, 11) is 0. The van der Waals surface area contributed by atoms with E-state index in [0.29, 0.717) is 19.2 Å². The molecule has 2 fully saturated rings. The van der Waals surface area contributed by atoms with Gasteiger partial charge in [-0.1, -0.05) is 12.5 Å². The normalized spacial score (nSPS) is 22.3. The third kappa shape index (κ3) is 3.26. The minimum Gasteiger partial charge on any atom is -0.503 e.